The van der Waals surface area contributed by atoms with Crippen molar-refractivity contribution in [1.82, 2.24) is 4.98 Å². The SMILES string of the molecule is O/C=C/Cc1csc(-c2ccccn2)c1. The summed E-state index contributed by atoms with van der Waals surface area (Å²) in [6, 6.07) is 7.99. The molecule has 2 nitrogen and oxygen atoms in total. The van der Waals surface area contributed by atoms with E-state index in [0.29, 0.717) is 0 Å². The number of allylic oxidation sites excluding steroid dienone is 1. The molecule has 0 unspecified atom stereocenters. The van der Waals surface area contributed by atoms with Gasteiger partial charge in [0.05, 0.1) is 16.8 Å². The molecular formula is C12H11NOS. The van der Waals surface area contributed by atoms with Gasteiger partial charge < -0.3 is 5.11 Å². The molecule has 0 amide bonds. The first-order chi connectivity index (χ1) is 7.40. The smallest absolute Gasteiger partial charge is 0.0801 e. The first-order valence-corrected chi connectivity index (χ1v) is 5.56. The van der Waals surface area contributed by atoms with Crippen LogP contribution < -0.4 is 0 Å². The second kappa shape index (κ2) is 4.75. The van der Waals surface area contributed by atoms with Gasteiger partial charge in [-0.05, 0) is 41.6 Å². The van der Waals surface area contributed by atoms with Gasteiger partial charge in [-0.1, -0.05) is 6.07 Å². The third kappa shape index (κ3) is 2.44. The third-order valence-corrected chi connectivity index (χ3v) is 3.03. The molecule has 0 fully saturated rings. The van der Waals surface area contributed by atoms with Gasteiger partial charge in [0.2, 0.25) is 0 Å². The lowest BCUT2D eigenvalue weighted by molar-refractivity contribution is 0.471. The Morgan fingerprint density at radius 3 is 3.07 bits per heavy atom. The Labute approximate surface area is 92.5 Å². The van der Waals surface area contributed by atoms with E-state index in [1.54, 1.807) is 23.6 Å². The molecule has 2 rings (SSSR count). The first kappa shape index (κ1) is 9.93. The first-order valence-electron chi connectivity index (χ1n) is 4.68. The Morgan fingerprint density at radius 1 is 1.40 bits per heavy atom. The van der Waals surface area contributed by atoms with Crippen LogP contribution in [0.25, 0.3) is 10.6 Å². The van der Waals surface area contributed by atoms with Crippen LogP contribution >= 0.6 is 11.3 Å². The van der Waals surface area contributed by atoms with Crippen molar-refractivity contribution in [2.75, 3.05) is 0 Å². The highest BCUT2D eigenvalue weighted by atomic mass is 32.1. The van der Waals surface area contributed by atoms with Crippen molar-refractivity contribution in [3.8, 4) is 10.6 Å². The Kier molecular flexibility index (Phi) is 3.15. The van der Waals surface area contributed by atoms with E-state index in [-0.39, 0.29) is 0 Å². The van der Waals surface area contributed by atoms with E-state index in [1.165, 1.54) is 5.56 Å². The molecule has 0 aliphatic heterocycles. The Morgan fingerprint density at radius 2 is 2.33 bits per heavy atom. The van der Waals surface area contributed by atoms with Crippen LogP contribution in [0.5, 0.6) is 0 Å². The standard InChI is InChI=1S/C12H11NOS/c14-7-3-4-10-8-12(15-9-10)11-5-1-2-6-13-11/h1-3,5-9,14H,4H2/b7-3+. The summed E-state index contributed by atoms with van der Waals surface area (Å²) >= 11 is 1.68. The molecule has 76 valence electrons. The highest BCUT2D eigenvalue weighted by molar-refractivity contribution is 7.13. The predicted octanol–water partition coefficient (Wildman–Crippen LogP) is 3.42. The maximum absolute atomic E-state index is 8.56. The van der Waals surface area contributed by atoms with Crippen LogP contribution in [0.1, 0.15) is 5.56 Å². The lowest BCUT2D eigenvalue weighted by Gasteiger charge is -1.93. The van der Waals surface area contributed by atoms with E-state index in [1.807, 2.05) is 18.2 Å². The zero-order valence-corrected chi connectivity index (χ0v) is 8.95. The lowest BCUT2D eigenvalue weighted by atomic mass is 10.2. The number of aliphatic hydroxyl groups is 1. The number of thiophene rings is 1. The maximum atomic E-state index is 8.56. The van der Waals surface area contributed by atoms with Crippen molar-refractivity contribution in [3.05, 3.63) is 53.7 Å². The molecule has 0 saturated carbocycles. The fraction of sp³-hybridized carbons (Fsp3) is 0.0833. The summed E-state index contributed by atoms with van der Waals surface area (Å²) in [5, 5.41) is 10.6. The minimum Gasteiger partial charge on any atom is -0.516 e. The van der Waals surface area contributed by atoms with Crippen LogP contribution in [-0.2, 0) is 6.42 Å². The van der Waals surface area contributed by atoms with Crippen LogP contribution in [0.3, 0.4) is 0 Å². The second-order valence-corrected chi connectivity index (χ2v) is 4.03. The lowest BCUT2D eigenvalue weighted by Crippen LogP contribution is -1.77. The van der Waals surface area contributed by atoms with Crippen LogP contribution in [-0.4, -0.2) is 10.1 Å². The van der Waals surface area contributed by atoms with E-state index in [4.69, 9.17) is 5.11 Å². The zero-order valence-electron chi connectivity index (χ0n) is 8.13. The molecule has 0 aliphatic rings. The highest BCUT2D eigenvalue weighted by Gasteiger charge is 2.01. The third-order valence-electron chi connectivity index (χ3n) is 2.03. The number of rotatable bonds is 3. The fourth-order valence-corrected chi connectivity index (χ4v) is 2.22. The number of pyridine rings is 1. The van der Waals surface area contributed by atoms with E-state index in [2.05, 4.69) is 16.4 Å². The van der Waals surface area contributed by atoms with Gasteiger partial charge in [-0.2, -0.15) is 0 Å². The quantitative estimate of drug-likeness (QED) is 0.799. The summed E-state index contributed by atoms with van der Waals surface area (Å²) in [4.78, 5) is 5.45. The van der Waals surface area contributed by atoms with Gasteiger partial charge in [-0.25, -0.2) is 0 Å². The molecule has 2 heterocycles. The monoisotopic (exact) mass is 217 g/mol. The molecule has 3 heteroatoms. The van der Waals surface area contributed by atoms with Crippen LogP contribution in [0.4, 0.5) is 0 Å². The van der Waals surface area contributed by atoms with E-state index < -0.39 is 0 Å². The fourth-order valence-electron chi connectivity index (χ4n) is 1.31. The van der Waals surface area contributed by atoms with E-state index >= 15 is 0 Å². The van der Waals surface area contributed by atoms with Crippen molar-refractivity contribution >= 4 is 11.3 Å². The molecule has 0 bridgehead atoms. The minimum atomic E-state index is 0.764. The van der Waals surface area contributed by atoms with Gasteiger partial charge in [0.1, 0.15) is 0 Å². The topological polar surface area (TPSA) is 33.1 Å². The molecule has 0 atom stereocenters. The Balaban J connectivity index is 2.20. The second-order valence-electron chi connectivity index (χ2n) is 3.12. The number of hydrogen-bond donors (Lipinski definition) is 1. The Bertz CT molecular complexity index is 448. The van der Waals surface area contributed by atoms with Gasteiger partial charge in [0.15, 0.2) is 0 Å². The van der Waals surface area contributed by atoms with Crippen LogP contribution in [0.15, 0.2) is 48.2 Å². The van der Waals surface area contributed by atoms with Crippen molar-refractivity contribution in [1.29, 1.82) is 0 Å². The van der Waals surface area contributed by atoms with Gasteiger partial charge >= 0.3 is 0 Å². The molecule has 1 N–H and O–H groups in total. The van der Waals surface area contributed by atoms with Crippen molar-refractivity contribution in [2.45, 2.75) is 6.42 Å². The number of aliphatic hydroxyl groups excluding tert-OH is 1. The average Bonchev–Trinajstić information content (AvgIpc) is 2.76. The molecular weight excluding hydrogens is 206 g/mol. The molecule has 15 heavy (non-hydrogen) atoms. The van der Waals surface area contributed by atoms with Crippen LogP contribution in [0.2, 0.25) is 0 Å². The number of hydrogen-bond acceptors (Lipinski definition) is 3. The molecule has 2 aromatic rings. The number of nitrogens with zero attached hydrogens (tertiary/aromatic N) is 1. The summed E-state index contributed by atoms with van der Waals surface area (Å²) in [7, 11) is 0. The molecule has 0 aliphatic carbocycles. The summed E-state index contributed by atoms with van der Waals surface area (Å²) in [5.74, 6) is 0. The van der Waals surface area contributed by atoms with Gasteiger partial charge in [0.25, 0.3) is 0 Å². The Hall–Kier alpha value is -1.61. The molecule has 0 saturated heterocycles. The minimum absolute atomic E-state index is 0.764. The van der Waals surface area contributed by atoms with Crippen molar-refractivity contribution < 1.29 is 5.11 Å². The normalized spacial score (nSPS) is 10.9. The summed E-state index contributed by atoms with van der Waals surface area (Å²) in [6.07, 6.45) is 5.37. The molecule has 0 radical (unpaired) electrons. The number of aromatic nitrogens is 1. The summed E-state index contributed by atoms with van der Waals surface area (Å²) < 4.78 is 0. The van der Waals surface area contributed by atoms with Gasteiger partial charge in [-0.3, -0.25) is 4.98 Å². The average molecular weight is 217 g/mol. The molecule has 0 aromatic carbocycles. The maximum Gasteiger partial charge on any atom is 0.0801 e. The van der Waals surface area contributed by atoms with E-state index in [0.717, 1.165) is 23.3 Å². The zero-order chi connectivity index (χ0) is 10.5. The largest absolute Gasteiger partial charge is 0.516 e. The van der Waals surface area contributed by atoms with Crippen molar-refractivity contribution in [3.63, 3.8) is 0 Å². The molecule has 2 aromatic heterocycles. The summed E-state index contributed by atoms with van der Waals surface area (Å²) in [5.41, 5.74) is 2.20. The highest BCUT2D eigenvalue weighted by Crippen LogP contribution is 2.25. The summed E-state index contributed by atoms with van der Waals surface area (Å²) in [6.45, 7) is 0. The van der Waals surface area contributed by atoms with E-state index in [9.17, 15) is 0 Å². The van der Waals surface area contributed by atoms with Crippen molar-refractivity contribution in [2.24, 2.45) is 0 Å². The molecule has 0 spiro atoms. The predicted molar refractivity (Wildman–Crippen MR) is 63.0 cm³/mol. The van der Waals surface area contributed by atoms with Crippen LogP contribution in [0, 0.1) is 0 Å². The van der Waals surface area contributed by atoms with Gasteiger partial charge in [-0.15, -0.1) is 11.3 Å². The van der Waals surface area contributed by atoms with Gasteiger partial charge in [0, 0.05) is 6.20 Å².